The van der Waals surface area contributed by atoms with Gasteiger partial charge in [0.2, 0.25) is 0 Å². The number of anilines is 1. The Morgan fingerprint density at radius 3 is 2.33 bits per heavy atom. The van der Waals surface area contributed by atoms with Crippen molar-refractivity contribution in [3.05, 3.63) is 75.7 Å². The largest absolute Gasteiger partial charge is 0.494 e. The number of aryl methyl sites for hydroxylation is 1. The van der Waals surface area contributed by atoms with E-state index >= 15 is 0 Å². The lowest BCUT2D eigenvalue weighted by Crippen LogP contribution is -2.33. The van der Waals surface area contributed by atoms with Gasteiger partial charge < -0.3 is 19.5 Å². The van der Waals surface area contributed by atoms with Gasteiger partial charge in [-0.05, 0) is 93.8 Å². The highest BCUT2D eigenvalue weighted by Crippen LogP contribution is 2.33. The van der Waals surface area contributed by atoms with Crippen LogP contribution in [0.25, 0.3) is 0 Å². The van der Waals surface area contributed by atoms with E-state index in [4.69, 9.17) is 14.2 Å². The summed E-state index contributed by atoms with van der Waals surface area (Å²) < 4.78 is 16.5. The number of carbonyl (C=O) groups excluding carboxylic acids is 3. The van der Waals surface area contributed by atoms with Crippen molar-refractivity contribution in [2.75, 3.05) is 18.5 Å². The van der Waals surface area contributed by atoms with Gasteiger partial charge in [-0.1, -0.05) is 13.3 Å². The minimum atomic E-state index is -0.824. The number of carbonyl (C=O) groups is 3. The first-order chi connectivity index (χ1) is 19.2. The Morgan fingerprint density at radius 2 is 1.68 bits per heavy atom. The molecule has 2 aromatic carbocycles. The van der Waals surface area contributed by atoms with Crippen LogP contribution in [0.2, 0.25) is 0 Å². The summed E-state index contributed by atoms with van der Waals surface area (Å²) in [6.07, 6.45) is 2.79. The predicted molar refractivity (Wildman–Crippen MR) is 157 cm³/mol. The monoisotopic (exact) mass is 565 g/mol. The van der Waals surface area contributed by atoms with Crippen molar-refractivity contribution in [2.45, 2.75) is 53.6 Å². The van der Waals surface area contributed by atoms with E-state index in [2.05, 4.69) is 22.8 Å². The Bertz CT molecular complexity index is 1330. The lowest BCUT2D eigenvalue weighted by molar-refractivity contribution is -0.127. The molecule has 1 aromatic heterocycles. The second kappa shape index (κ2) is 14.8. The van der Waals surface area contributed by atoms with E-state index in [-0.39, 0.29) is 12.5 Å². The van der Waals surface area contributed by atoms with Crippen LogP contribution in [0.15, 0.2) is 53.6 Å². The van der Waals surface area contributed by atoms with E-state index in [1.807, 2.05) is 38.1 Å². The summed E-state index contributed by atoms with van der Waals surface area (Å²) in [4.78, 5) is 38.5. The zero-order chi connectivity index (χ0) is 29.1. The number of benzene rings is 2. The fraction of sp³-hybridized carbons (Fsp3) is 0.333. The van der Waals surface area contributed by atoms with E-state index in [1.165, 1.54) is 17.6 Å². The first-order valence-electron chi connectivity index (χ1n) is 13.1. The van der Waals surface area contributed by atoms with Crippen LogP contribution in [0.4, 0.5) is 5.00 Å². The van der Waals surface area contributed by atoms with Crippen LogP contribution in [0.1, 0.15) is 70.3 Å². The quantitative estimate of drug-likeness (QED) is 0.116. The lowest BCUT2D eigenvalue weighted by Gasteiger charge is -2.13. The van der Waals surface area contributed by atoms with Gasteiger partial charge in [-0.25, -0.2) is 10.2 Å². The second-order valence-corrected chi connectivity index (χ2v) is 10.2. The molecule has 3 aromatic rings. The number of esters is 1. The molecule has 0 aliphatic heterocycles. The van der Waals surface area contributed by atoms with Crippen LogP contribution in [-0.2, 0) is 9.53 Å². The van der Waals surface area contributed by atoms with Crippen LogP contribution in [0.3, 0.4) is 0 Å². The third-order valence-corrected chi connectivity index (χ3v) is 7.05. The average Bonchev–Trinajstić information content (AvgIpc) is 3.22. The number of thiophene rings is 1. The van der Waals surface area contributed by atoms with Crippen molar-refractivity contribution in [3.63, 3.8) is 0 Å². The van der Waals surface area contributed by atoms with Gasteiger partial charge >= 0.3 is 5.97 Å². The van der Waals surface area contributed by atoms with Gasteiger partial charge in [0.25, 0.3) is 11.8 Å². The normalized spacial score (nSPS) is 11.6. The van der Waals surface area contributed by atoms with E-state index in [0.29, 0.717) is 28.5 Å². The SMILES string of the molecule is CCCCOc1ccc(/C=N\NC(=O)[C@H](C)Oc2ccc(C(=O)Nc3sc(C)c(C)c3C(=O)OCC)cc2)cc1. The molecule has 0 saturated heterocycles. The zero-order valence-corrected chi connectivity index (χ0v) is 24.2. The van der Waals surface area contributed by atoms with Crippen LogP contribution < -0.4 is 20.2 Å². The third kappa shape index (κ3) is 8.41. The summed E-state index contributed by atoms with van der Waals surface area (Å²) in [5, 5.41) is 7.25. The molecule has 2 amide bonds. The van der Waals surface area contributed by atoms with Crippen molar-refractivity contribution in [3.8, 4) is 11.5 Å². The highest BCUT2D eigenvalue weighted by molar-refractivity contribution is 7.16. The predicted octanol–water partition coefficient (Wildman–Crippen LogP) is 5.89. The highest BCUT2D eigenvalue weighted by Gasteiger charge is 2.22. The Kier molecular flexibility index (Phi) is 11.3. The van der Waals surface area contributed by atoms with E-state index < -0.39 is 18.0 Å². The lowest BCUT2D eigenvalue weighted by atomic mass is 10.1. The first kappa shape index (κ1) is 30.4. The fourth-order valence-electron chi connectivity index (χ4n) is 3.53. The molecule has 2 N–H and O–H groups in total. The fourth-order valence-corrected chi connectivity index (χ4v) is 4.57. The van der Waals surface area contributed by atoms with Gasteiger partial charge in [0, 0.05) is 10.4 Å². The average molecular weight is 566 g/mol. The number of hydrogen-bond acceptors (Lipinski definition) is 8. The molecule has 10 heteroatoms. The standard InChI is InChI=1S/C30H35N3O6S/c1-6-8-17-38-24-13-9-22(10-14-24)18-31-33-27(34)20(4)39-25-15-11-23(12-16-25)28(35)32-29-26(30(36)37-7-2)19(3)21(5)40-29/h9-16,18,20H,6-8,17H2,1-5H3,(H,32,35)(H,33,34)/b31-18-/t20-/m0/s1. The van der Waals surface area contributed by atoms with Gasteiger partial charge in [-0.3, -0.25) is 9.59 Å². The molecule has 212 valence electrons. The van der Waals surface area contributed by atoms with Crippen LogP contribution in [0, 0.1) is 13.8 Å². The van der Waals surface area contributed by atoms with Gasteiger partial charge in [-0.2, -0.15) is 5.10 Å². The molecule has 3 rings (SSSR count). The Morgan fingerprint density at radius 1 is 1.00 bits per heavy atom. The molecule has 0 aliphatic carbocycles. The molecule has 1 heterocycles. The molecule has 0 saturated carbocycles. The van der Waals surface area contributed by atoms with Gasteiger partial charge in [0.1, 0.15) is 16.5 Å². The minimum Gasteiger partial charge on any atom is -0.494 e. The number of rotatable bonds is 13. The molecule has 0 spiro atoms. The number of ether oxygens (including phenoxy) is 3. The Hall–Kier alpha value is -4.18. The van der Waals surface area contributed by atoms with E-state index in [9.17, 15) is 14.4 Å². The highest BCUT2D eigenvalue weighted by atomic mass is 32.1. The van der Waals surface area contributed by atoms with Crippen molar-refractivity contribution < 1.29 is 28.6 Å². The molecule has 0 unspecified atom stereocenters. The van der Waals surface area contributed by atoms with Crippen molar-refractivity contribution in [1.29, 1.82) is 0 Å². The van der Waals surface area contributed by atoms with Gasteiger partial charge in [-0.15, -0.1) is 11.3 Å². The number of nitrogens with zero attached hydrogens (tertiary/aromatic N) is 1. The van der Waals surface area contributed by atoms with E-state index in [0.717, 1.165) is 34.6 Å². The maximum Gasteiger partial charge on any atom is 0.341 e. The topological polar surface area (TPSA) is 115 Å². The number of amides is 2. The number of hydrogen-bond donors (Lipinski definition) is 2. The van der Waals surface area contributed by atoms with Crippen LogP contribution >= 0.6 is 11.3 Å². The number of unbranched alkanes of at least 4 members (excludes halogenated alkanes) is 1. The maximum atomic E-state index is 12.8. The summed E-state index contributed by atoms with van der Waals surface area (Å²) in [6, 6.07) is 13.8. The first-order valence-corrected chi connectivity index (χ1v) is 14.0. The second-order valence-electron chi connectivity index (χ2n) is 8.95. The van der Waals surface area contributed by atoms with Crippen LogP contribution in [-0.4, -0.2) is 43.3 Å². The zero-order valence-electron chi connectivity index (χ0n) is 23.4. The summed E-state index contributed by atoms with van der Waals surface area (Å²) >= 11 is 1.32. The molecule has 0 radical (unpaired) electrons. The Labute approximate surface area is 238 Å². The molecule has 0 aliphatic rings. The molecular weight excluding hydrogens is 530 g/mol. The van der Waals surface area contributed by atoms with E-state index in [1.54, 1.807) is 38.1 Å². The molecule has 9 nitrogen and oxygen atoms in total. The van der Waals surface area contributed by atoms with Crippen molar-refractivity contribution >= 4 is 40.3 Å². The summed E-state index contributed by atoms with van der Waals surface area (Å²) in [7, 11) is 0. The van der Waals surface area contributed by atoms with Gasteiger partial charge in [0.05, 0.1) is 25.0 Å². The number of hydrazone groups is 1. The molecule has 1 atom stereocenters. The van der Waals surface area contributed by atoms with Crippen molar-refractivity contribution in [1.82, 2.24) is 5.43 Å². The van der Waals surface area contributed by atoms with Crippen LogP contribution in [0.5, 0.6) is 11.5 Å². The summed E-state index contributed by atoms with van der Waals surface area (Å²) in [5.74, 6) is -0.0629. The summed E-state index contributed by atoms with van der Waals surface area (Å²) in [6.45, 7) is 10.1. The van der Waals surface area contributed by atoms with Crippen molar-refractivity contribution in [2.24, 2.45) is 5.10 Å². The van der Waals surface area contributed by atoms with Gasteiger partial charge in [0.15, 0.2) is 6.10 Å². The third-order valence-electron chi connectivity index (χ3n) is 5.93. The smallest absolute Gasteiger partial charge is 0.341 e. The maximum absolute atomic E-state index is 12.8. The molecular formula is C30H35N3O6S. The Balaban J connectivity index is 1.52. The molecule has 40 heavy (non-hydrogen) atoms. The molecule has 0 fully saturated rings. The summed E-state index contributed by atoms with van der Waals surface area (Å²) in [5.41, 5.74) is 4.80. The number of nitrogens with one attached hydrogen (secondary N) is 2. The minimum absolute atomic E-state index is 0.244. The molecule has 0 bridgehead atoms.